The highest BCUT2D eigenvalue weighted by Crippen LogP contribution is 2.44. The SMILES string of the molecule is COc1ccc(S(C)(=O)=O)cc1CN[C@H]1[C@H]2CCN([C@H](C(=O)O)C2)[C@H]1C(c1ccccc1)c1ccccc1. The fraction of sp³-hybridized carbons (Fsp3) is 0.367. The van der Waals surface area contributed by atoms with Gasteiger partial charge < -0.3 is 15.2 Å². The highest BCUT2D eigenvalue weighted by atomic mass is 32.2. The second-order valence-corrected chi connectivity index (χ2v) is 12.3. The fourth-order valence-corrected chi connectivity index (χ4v) is 7.04. The van der Waals surface area contributed by atoms with Crippen LogP contribution < -0.4 is 10.1 Å². The first-order valence-electron chi connectivity index (χ1n) is 13.0. The molecule has 0 saturated carbocycles. The summed E-state index contributed by atoms with van der Waals surface area (Å²) in [4.78, 5) is 14.8. The summed E-state index contributed by atoms with van der Waals surface area (Å²) in [6.45, 7) is 1.14. The maximum atomic E-state index is 12.4. The van der Waals surface area contributed by atoms with Crippen LogP contribution in [0.1, 0.15) is 35.4 Å². The van der Waals surface area contributed by atoms with Crippen LogP contribution in [0.2, 0.25) is 0 Å². The van der Waals surface area contributed by atoms with E-state index >= 15 is 0 Å². The summed E-state index contributed by atoms with van der Waals surface area (Å²) in [6, 6.07) is 24.9. The van der Waals surface area contributed by atoms with Crippen LogP contribution in [0.4, 0.5) is 0 Å². The molecule has 3 aliphatic rings. The molecule has 3 fully saturated rings. The Hall–Kier alpha value is -3.20. The predicted molar refractivity (Wildman–Crippen MR) is 146 cm³/mol. The first kappa shape index (κ1) is 26.4. The second-order valence-electron chi connectivity index (χ2n) is 10.3. The second kappa shape index (κ2) is 10.9. The van der Waals surface area contributed by atoms with Gasteiger partial charge in [0.1, 0.15) is 11.8 Å². The van der Waals surface area contributed by atoms with Gasteiger partial charge in [-0.1, -0.05) is 60.7 Å². The van der Waals surface area contributed by atoms with Gasteiger partial charge >= 0.3 is 5.97 Å². The number of piperidine rings is 3. The van der Waals surface area contributed by atoms with Crippen LogP contribution in [0.25, 0.3) is 0 Å². The zero-order chi connectivity index (χ0) is 26.9. The minimum absolute atomic E-state index is 0.00337. The van der Waals surface area contributed by atoms with Gasteiger partial charge in [-0.3, -0.25) is 9.69 Å². The standard InChI is InChI=1S/C30H34N2O5S/c1-37-26-14-13-24(38(2,35)36)17-23(26)19-31-28-22-15-16-32(25(18-22)30(33)34)29(28)27(20-9-5-3-6-10-20)21-11-7-4-8-12-21/h3-14,17,22,25,27-29,31H,15-16,18-19H2,1-2H3,(H,33,34)/t22-,25-,28-,29-/m0/s1. The van der Waals surface area contributed by atoms with Crippen LogP contribution >= 0.6 is 0 Å². The third-order valence-corrected chi connectivity index (χ3v) is 9.21. The van der Waals surface area contributed by atoms with Crippen molar-refractivity contribution in [1.29, 1.82) is 0 Å². The number of carbonyl (C=O) groups is 1. The van der Waals surface area contributed by atoms with Gasteiger partial charge in [0, 0.05) is 36.4 Å². The molecule has 200 valence electrons. The van der Waals surface area contributed by atoms with Gasteiger partial charge in [-0.2, -0.15) is 0 Å². The molecule has 3 heterocycles. The summed E-state index contributed by atoms with van der Waals surface area (Å²) in [7, 11) is -1.79. The van der Waals surface area contributed by atoms with Crippen LogP contribution in [-0.4, -0.2) is 62.4 Å². The number of nitrogens with one attached hydrogen (secondary N) is 1. The summed E-state index contributed by atoms with van der Waals surface area (Å²) < 4.78 is 30.0. The average Bonchev–Trinajstić information content (AvgIpc) is 2.93. The topological polar surface area (TPSA) is 95.9 Å². The Morgan fingerprint density at radius 3 is 2.24 bits per heavy atom. The quantitative estimate of drug-likeness (QED) is 0.429. The van der Waals surface area contributed by atoms with E-state index < -0.39 is 21.8 Å². The van der Waals surface area contributed by atoms with Crippen LogP contribution in [0.3, 0.4) is 0 Å². The molecule has 38 heavy (non-hydrogen) atoms. The van der Waals surface area contributed by atoms with E-state index in [2.05, 4.69) is 34.5 Å². The highest BCUT2D eigenvalue weighted by molar-refractivity contribution is 7.90. The molecule has 0 aromatic heterocycles. The molecule has 0 amide bonds. The average molecular weight is 535 g/mol. The molecule has 5 atom stereocenters. The van der Waals surface area contributed by atoms with Gasteiger partial charge in [0.05, 0.1) is 12.0 Å². The van der Waals surface area contributed by atoms with E-state index in [-0.39, 0.29) is 28.8 Å². The van der Waals surface area contributed by atoms with Gasteiger partial charge in [-0.05, 0) is 54.6 Å². The van der Waals surface area contributed by atoms with E-state index in [9.17, 15) is 18.3 Å². The molecule has 0 radical (unpaired) electrons. The molecule has 8 heteroatoms. The fourth-order valence-electron chi connectivity index (χ4n) is 6.37. The minimum Gasteiger partial charge on any atom is -0.496 e. The zero-order valence-electron chi connectivity index (χ0n) is 21.7. The number of hydrogen-bond donors (Lipinski definition) is 2. The number of hydrogen-bond acceptors (Lipinski definition) is 6. The van der Waals surface area contributed by atoms with E-state index in [4.69, 9.17) is 4.74 Å². The lowest BCUT2D eigenvalue weighted by Gasteiger charge is -2.56. The van der Waals surface area contributed by atoms with Crippen molar-refractivity contribution in [3.63, 3.8) is 0 Å². The number of ether oxygens (including phenoxy) is 1. The van der Waals surface area contributed by atoms with Crippen LogP contribution in [-0.2, 0) is 21.2 Å². The summed E-state index contributed by atoms with van der Waals surface area (Å²) >= 11 is 0. The maximum absolute atomic E-state index is 12.4. The lowest BCUT2D eigenvalue weighted by Crippen LogP contribution is -2.69. The third-order valence-electron chi connectivity index (χ3n) is 8.10. The number of methoxy groups -OCH3 is 1. The minimum atomic E-state index is -3.37. The number of carboxylic acids is 1. The molecular weight excluding hydrogens is 500 g/mol. The van der Waals surface area contributed by atoms with Crippen molar-refractivity contribution >= 4 is 15.8 Å². The molecule has 7 nitrogen and oxygen atoms in total. The highest BCUT2D eigenvalue weighted by Gasteiger charge is 2.52. The van der Waals surface area contributed by atoms with Crippen LogP contribution in [0.5, 0.6) is 5.75 Å². The van der Waals surface area contributed by atoms with Crippen molar-refractivity contribution in [2.24, 2.45) is 5.92 Å². The van der Waals surface area contributed by atoms with Gasteiger partial charge in [0.15, 0.2) is 9.84 Å². The molecule has 0 aliphatic carbocycles. The van der Waals surface area contributed by atoms with Gasteiger partial charge in [-0.25, -0.2) is 8.42 Å². The molecule has 3 saturated heterocycles. The molecular formula is C30H34N2O5S. The Labute approximate surface area is 224 Å². The van der Waals surface area contributed by atoms with Crippen molar-refractivity contribution < 1.29 is 23.1 Å². The number of rotatable bonds is 9. The molecule has 3 aromatic rings. The van der Waals surface area contributed by atoms with Crippen molar-refractivity contribution in [1.82, 2.24) is 10.2 Å². The van der Waals surface area contributed by atoms with Crippen LogP contribution in [0, 0.1) is 5.92 Å². The number of aliphatic carboxylic acids is 1. The largest absolute Gasteiger partial charge is 0.496 e. The van der Waals surface area contributed by atoms with Crippen molar-refractivity contribution in [2.45, 2.75) is 48.3 Å². The molecule has 1 unspecified atom stereocenters. The molecule has 2 bridgehead atoms. The van der Waals surface area contributed by atoms with Gasteiger partial charge in [-0.15, -0.1) is 0 Å². The van der Waals surface area contributed by atoms with E-state index in [1.54, 1.807) is 25.3 Å². The summed E-state index contributed by atoms with van der Waals surface area (Å²) in [6.07, 6.45) is 2.70. The van der Waals surface area contributed by atoms with Crippen molar-refractivity contribution in [3.8, 4) is 5.75 Å². The number of sulfone groups is 1. The monoisotopic (exact) mass is 534 g/mol. The summed E-state index contributed by atoms with van der Waals surface area (Å²) in [5.41, 5.74) is 3.05. The molecule has 2 N–H and O–H groups in total. The molecule has 3 aromatic carbocycles. The van der Waals surface area contributed by atoms with E-state index in [1.165, 1.54) is 6.26 Å². The molecule has 0 spiro atoms. The van der Waals surface area contributed by atoms with Gasteiger partial charge in [0.25, 0.3) is 0 Å². The maximum Gasteiger partial charge on any atom is 0.320 e. The smallest absolute Gasteiger partial charge is 0.320 e. The first-order chi connectivity index (χ1) is 18.3. The Morgan fingerprint density at radius 2 is 1.68 bits per heavy atom. The predicted octanol–water partition coefficient (Wildman–Crippen LogP) is 3.94. The lowest BCUT2D eigenvalue weighted by atomic mass is 9.68. The Bertz CT molecular complexity index is 1340. The lowest BCUT2D eigenvalue weighted by molar-refractivity contribution is -0.152. The van der Waals surface area contributed by atoms with E-state index in [1.807, 2.05) is 36.4 Å². The Kier molecular flexibility index (Phi) is 7.56. The van der Waals surface area contributed by atoms with E-state index in [0.717, 1.165) is 29.7 Å². The summed E-state index contributed by atoms with van der Waals surface area (Å²) in [5, 5.41) is 13.9. The van der Waals surface area contributed by atoms with Crippen molar-refractivity contribution in [2.75, 3.05) is 19.9 Å². The number of nitrogens with zero attached hydrogens (tertiary/aromatic N) is 1. The molecule has 6 rings (SSSR count). The normalized spacial score (nSPS) is 24.9. The molecule has 3 aliphatic heterocycles. The first-order valence-corrected chi connectivity index (χ1v) is 14.9. The number of fused-ring (bicyclic) bond motifs is 3. The Balaban J connectivity index is 1.55. The van der Waals surface area contributed by atoms with Crippen LogP contribution in [0.15, 0.2) is 83.8 Å². The van der Waals surface area contributed by atoms with Gasteiger partial charge in [0.2, 0.25) is 0 Å². The number of carboxylic acid groups (broad SMARTS) is 1. The van der Waals surface area contributed by atoms with Crippen molar-refractivity contribution in [3.05, 3.63) is 95.6 Å². The Morgan fingerprint density at radius 1 is 1.05 bits per heavy atom. The van der Waals surface area contributed by atoms with E-state index in [0.29, 0.717) is 18.7 Å². The summed E-state index contributed by atoms with van der Waals surface area (Å²) in [5.74, 6) is -0.0245. The number of benzene rings is 3. The zero-order valence-corrected chi connectivity index (χ0v) is 22.5. The third kappa shape index (κ3) is 5.21.